The van der Waals surface area contributed by atoms with Gasteiger partial charge in [0.1, 0.15) is 5.69 Å². The lowest BCUT2D eigenvalue weighted by Gasteiger charge is -2.05. The Morgan fingerprint density at radius 1 is 1.50 bits per heavy atom. The number of hydrogen-bond acceptors (Lipinski definition) is 6. The molecule has 0 unspecified atom stereocenters. The molecule has 0 saturated heterocycles. The quantitative estimate of drug-likeness (QED) is 0.807. The Morgan fingerprint density at radius 2 is 2.30 bits per heavy atom. The average Bonchev–Trinajstić information content (AvgIpc) is 2.87. The van der Waals surface area contributed by atoms with Crippen LogP contribution in [0, 0.1) is 6.92 Å². The van der Waals surface area contributed by atoms with Crippen molar-refractivity contribution in [3.8, 4) is 5.88 Å². The van der Waals surface area contributed by atoms with E-state index in [2.05, 4.69) is 20.3 Å². The summed E-state index contributed by atoms with van der Waals surface area (Å²) in [6, 6.07) is 1.67. The van der Waals surface area contributed by atoms with Gasteiger partial charge in [0, 0.05) is 31.0 Å². The molecule has 0 aliphatic carbocycles. The minimum atomic E-state index is -0.381. The summed E-state index contributed by atoms with van der Waals surface area (Å²) in [6.45, 7) is 2.88. The summed E-state index contributed by atoms with van der Waals surface area (Å²) < 4.78 is 6.77. The zero-order valence-corrected chi connectivity index (χ0v) is 11.3. The summed E-state index contributed by atoms with van der Waals surface area (Å²) in [5, 5.41) is 2.58. The molecule has 0 atom stereocenters. The number of imidazole rings is 1. The first-order valence-corrected chi connectivity index (χ1v) is 6.05. The molecule has 0 radical (unpaired) electrons. The molecule has 0 fully saturated rings. The van der Waals surface area contributed by atoms with E-state index in [1.54, 1.807) is 30.1 Å². The van der Waals surface area contributed by atoms with Crippen molar-refractivity contribution in [1.29, 1.82) is 0 Å². The van der Waals surface area contributed by atoms with Crippen LogP contribution in [0.15, 0.2) is 18.6 Å². The summed E-state index contributed by atoms with van der Waals surface area (Å²) >= 11 is 0. The molecule has 8 nitrogen and oxygen atoms in total. The molecule has 3 N–H and O–H groups in total. The third-order valence-electron chi connectivity index (χ3n) is 2.52. The molecule has 20 heavy (non-hydrogen) atoms. The lowest BCUT2D eigenvalue weighted by molar-refractivity contribution is 0.102. The zero-order valence-electron chi connectivity index (χ0n) is 11.3. The van der Waals surface area contributed by atoms with Gasteiger partial charge in [0.15, 0.2) is 0 Å². The summed E-state index contributed by atoms with van der Waals surface area (Å²) in [5.74, 6) is 0.190. The van der Waals surface area contributed by atoms with Crippen molar-refractivity contribution in [2.45, 2.75) is 13.5 Å². The van der Waals surface area contributed by atoms with Crippen LogP contribution in [0.4, 0.5) is 5.95 Å². The van der Waals surface area contributed by atoms with E-state index in [1.807, 2.05) is 0 Å². The Balaban J connectivity index is 2.12. The van der Waals surface area contributed by atoms with E-state index in [0.29, 0.717) is 24.7 Å². The van der Waals surface area contributed by atoms with Gasteiger partial charge in [-0.05, 0) is 6.92 Å². The van der Waals surface area contributed by atoms with Gasteiger partial charge in [-0.15, -0.1) is 0 Å². The number of carbonyl (C=O) groups is 1. The number of aromatic nitrogens is 4. The second kappa shape index (κ2) is 6.11. The van der Waals surface area contributed by atoms with Gasteiger partial charge < -0.3 is 15.0 Å². The van der Waals surface area contributed by atoms with E-state index < -0.39 is 0 Å². The molecular formula is C12H16N6O2. The smallest absolute Gasteiger partial charge is 0.278 e. The number of amides is 1. The first-order valence-electron chi connectivity index (χ1n) is 6.05. The topological polar surface area (TPSA) is 108 Å². The minimum absolute atomic E-state index is 0.181. The molecule has 0 aliphatic rings. The van der Waals surface area contributed by atoms with Crippen LogP contribution in [0.2, 0.25) is 0 Å². The maximum absolute atomic E-state index is 12.0. The number of nitrogens with two attached hydrogens (primary N) is 1. The van der Waals surface area contributed by atoms with Crippen LogP contribution in [-0.2, 0) is 6.54 Å². The van der Waals surface area contributed by atoms with Crippen LogP contribution < -0.4 is 15.8 Å². The van der Waals surface area contributed by atoms with E-state index in [0.717, 1.165) is 0 Å². The Kier molecular flexibility index (Phi) is 4.26. The highest BCUT2D eigenvalue weighted by Gasteiger charge is 2.12. The molecule has 0 saturated carbocycles. The summed E-state index contributed by atoms with van der Waals surface area (Å²) in [4.78, 5) is 24.2. The van der Waals surface area contributed by atoms with Crippen LogP contribution in [0.25, 0.3) is 0 Å². The number of hydrogen-bond donors (Lipinski definition) is 2. The van der Waals surface area contributed by atoms with Crippen molar-refractivity contribution < 1.29 is 9.53 Å². The molecule has 2 rings (SSSR count). The predicted octanol–water partition coefficient (Wildman–Crippen LogP) is 0.201. The Morgan fingerprint density at radius 3 is 3.00 bits per heavy atom. The van der Waals surface area contributed by atoms with Crippen molar-refractivity contribution in [2.24, 2.45) is 5.73 Å². The molecule has 2 heterocycles. The fourth-order valence-corrected chi connectivity index (χ4v) is 1.61. The number of methoxy groups -OCH3 is 1. The van der Waals surface area contributed by atoms with Crippen molar-refractivity contribution in [1.82, 2.24) is 19.5 Å². The van der Waals surface area contributed by atoms with Gasteiger partial charge in [-0.2, -0.15) is 4.98 Å². The van der Waals surface area contributed by atoms with Gasteiger partial charge >= 0.3 is 0 Å². The predicted molar refractivity (Wildman–Crippen MR) is 72.6 cm³/mol. The number of ether oxygens (including phenoxy) is 1. The lowest BCUT2D eigenvalue weighted by atomic mass is 10.4. The van der Waals surface area contributed by atoms with E-state index >= 15 is 0 Å². The standard InChI is InChI=1S/C12H16N6O2/c1-8-5-10(20-2)16-12(15-8)17-11(19)9-6-18(4-3-13)7-14-9/h5-7H,3-4,13H2,1-2H3,(H,15,16,17,19). The molecule has 0 aliphatic heterocycles. The van der Waals surface area contributed by atoms with Crippen LogP contribution >= 0.6 is 0 Å². The first kappa shape index (κ1) is 13.9. The molecule has 0 bridgehead atoms. The number of anilines is 1. The molecular weight excluding hydrogens is 260 g/mol. The summed E-state index contributed by atoms with van der Waals surface area (Å²) in [7, 11) is 1.50. The number of nitrogens with zero attached hydrogens (tertiary/aromatic N) is 4. The normalized spacial score (nSPS) is 10.3. The first-order chi connectivity index (χ1) is 9.62. The largest absolute Gasteiger partial charge is 0.481 e. The average molecular weight is 276 g/mol. The third-order valence-corrected chi connectivity index (χ3v) is 2.52. The third kappa shape index (κ3) is 3.29. The monoisotopic (exact) mass is 276 g/mol. The van der Waals surface area contributed by atoms with E-state index in [4.69, 9.17) is 10.5 Å². The van der Waals surface area contributed by atoms with Gasteiger partial charge in [0.05, 0.1) is 13.4 Å². The zero-order chi connectivity index (χ0) is 14.5. The van der Waals surface area contributed by atoms with E-state index in [-0.39, 0.29) is 17.5 Å². The Labute approximate surface area is 116 Å². The van der Waals surface area contributed by atoms with Gasteiger partial charge in [-0.3, -0.25) is 10.1 Å². The highest BCUT2D eigenvalue weighted by atomic mass is 16.5. The van der Waals surface area contributed by atoms with Crippen LogP contribution in [0.5, 0.6) is 5.88 Å². The maximum atomic E-state index is 12.0. The summed E-state index contributed by atoms with van der Waals surface area (Å²) in [5.41, 5.74) is 6.41. The second-order valence-corrected chi connectivity index (χ2v) is 4.11. The molecule has 0 aromatic carbocycles. The number of carbonyl (C=O) groups excluding carboxylic acids is 1. The van der Waals surface area contributed by atoms with E-state index in [1.165, 1.54) is 7.11 Å². The number of aryl methyl sites for hydroxylation is 1. The fraction of sp³-hybridized carbons (Fsp3) is 0.333. The molecule has 1 amide bonds. The highest BCUT2D eigenvalue weighted by Crippen LogP contribution is 2.11. The lowest BCUT2D eigenvalue weighted by Crippen LogP contribution is -2.15. The molecule has 2 aromatic rings. The molecule has 0 spiro atoms. The SMILES string of the molecule is COc1cc(C)nc(NC(=O)c2cn(CCN)cn2)n1. The van der Waals surface area contributed by atoms with Gasteiger partial charge in [-0.1, -0.05) is 0 Å². The van der Waals surface area contributed by atoms with Gasteiger partial charge in [0.2, 0.25) is 11.8 Å². The maximum Gasteiger partial charge on any atom is 0.278 e. The van der Waals surface area contributed by atoms with Crippen molar-refractivity contribution >= 4 is 11.9 Å². The molecule has 106 valence electrons. The summed E-state index contributed by atoms with van der Waals surface area (Å²) in [6.07, 6.45) is 3.18. The fourth-order valence-electron chi connectivity index (χ4n) is 1.61. The number of rotatable bonds is 5. The Hall–Kier alpha value is -2.48. The minimum Gasteiger partial charge on any atom is -0.481 e. The van der Waals surface area contributed by atoms with E-state index in [9.17, 15) is 4.79 Å². The Bertz CT molecular complexity index is 610. The highest BCUT2D eigenvalue weighted by molar-refractivity contribution is 6.01. The van der Waals surface area contributed by atoms with Crippen molar-refractivity contribution in [3.63, 3.8) is 0 Å². The van der Waals surface area contributed by atoms with Crippen LogP contribution in [-0.4, -0.2) is 39.1 Å². The van der Waals surface area contributed by atoms with Gasteiger partial charge in [0.25, 0.3) is 5.91 Å². The van der Waals surface area contributed by atoms with Gasteiger partial charge in [-0.25, -0.2) is 9.97 Å². The van der Waals surface area contributed by atoms with Crippen LogP contribution in [0.3, 0.4) is 0 Å². The van der Waals surface area contributed by atoms with Crippen molar-refractivity contribution in [2.75, 3.05) is 19.0 Å². The molecule has 8 heteroatoms. The van der Waals surface area contributed by atoms with Crippen LogP contribution in [0.1, 0.15) is 16.2 Å². The number of nitrogens with one attached hydrogen (secondary N) is 1. The second-order valence-electron chi connectivity index (χ2n) is 4.11. The molecule has 2 aromatic heterocycles. The van der Waals surface area contributed by atoms with Crippen molar-refractivity contribution in [3.05, 3.63) is 30.0 Å².